The summed E-state index contributed by atoms with van der Waals surface area (Å²) in [6.45, 7) is 4.23. The van der Waals surface area contributed by atoms with Crippen molar-refractivity contribution in [2.75, 3.05) is 18.0 Å². The van der Waals surface area contributed by atoms with E-state index < -0.39 is 0 Å². The minimum Gasteiger partial charge on any atom is -0.350 e. The van der Waals surface area contributed by atoms with Crippen LogP contribution in [0.1, 0.15) is 24.2 Å². The highest BCUT2D eigenvalue weighted by molar-refractivity contribution is 5.74. The van der Waals surface area contributed by atoms with Gasteiger partial charge in [-0.1, -0.05) is 0 Å². The first-order valence-corrected chi connectivity index (χ1v) is 8.31. The van der Waals surface area contributed by atoms with E-state index in [9.17, 15) is 4.79 Å². The molecule has 0 radical (unpaired) electrons. The molecule has 0 unspecified atom stereocenters. The number of rotatable bonds is 4. The Bertz CT molecular complexity index is 684. The molecule has 0 aliphatic carbocycles. The number of aromatic nitrogens is 3. The Balaban J connectivity index is 1.50. The lowest BCUT2D eigenvalue weighted by Gasteiger charge is -2.33. The highest BCUT2D eigenvalue weighted by atomic mass is 16.2. The Kier molecular flexibility index (Phi) is 4.98. The van der Waals surface area contributed by atoms with Crippen molar-refractivity contribution >= 4 is 12.0 Å². The van der Waals surface area contributed by atoms with Crippen LogP contribution in [0.15, 0.2) is 30.6 Å². The molecular weight excluding hydrogens is 304 g/mol. The van der Waals surface area contributed by atoms with Gasteiger partial charge in [-0.05, 0) is 38.0 Å². The monoisotopic (exact) mass is 328 g/mol. The smallest absolute Gasteiger partial charge is 0.315 e. The summed E-state index contributed by atoms with van der Waals surface area (Å²) in [4.78, 5) is 22.9. The van der Waals surface area contributed by atoms with E-state index in [-0.39, 0.29) is 12.1 Å². The van der Waals surface area contributed by atoms with Crippen molar-refractivity contribution in [1.82, 2.24) is 25.2 Å². The number of amides is 2. The van der Waals surface area contributed by atoms with Gasteiger partial charge in [0.15, 0.2) is 0 Å². The van der Waals surface area contributed by atoms with Crippen molar-refractivity contribution in [2.45, 2.75) is 32.4 Å². The lowest BCUT2D eigenvalue weighted by Crippen LogP contribution is -2.50. The average molecular weight is 328 g/mol. The molecule has 3 heterocycles. The zero-order chi connectivity index (χ0) is 16.9. The first-order chi connectivity index (χ1) is 11.6. The van der Waals surface area contributed by atoms with Gasteiger partial charge in [0.05, 0.1) is 6.54 Å². The van der Waals surface area contributed by atoms with Crippen molar-refractivity contribution in [2.24, 2.45) is 7.05 Å². The topological polar surface area (TPSA) is 75.1 Å². The van der Waals surface area contributed by atoms with Crippen LogP contribution in [-0.2, 0) is 13.6 Å². The second-order valence-electron chi connectivity index (χ2n) is 6.19. The van der Waals surface area contributed by atoms with Crippen LogP contribution in [0.2, 0.25) is 0 Å². The molecule has 24 heavy (non-hydrogen) atoms. The van der Waals surface area contributed by atoms with Gasteiger partial charge >= 0.3 is 6.03 Å². The minimum atomic E-state index is -0.130. The molecule has 3 rings (SSSR count). The predicted octanol–water partition coefficient (Wildman–Crippen LogP) is 1.59. The molecule has 1 atom stereocenters. The van der Waals surface area contributed by atoms with E-state index in [1.807, 2.05) is 32.2 Å². The van der Waals surface area contributed by atoms with Crippen LogP contribution >= 0.6 is 0 Å². The van der Waals surface area contributed by atoms with Crippen LogP contribution in [0.25, 0.3) is 0 Å². The number of carbonyl (C=O) groups excluding carboxylic acids is 1. The molecule has 1 fully saturated rings. The van der Waals surface area contributed by atoms with Gasteiger partial charge in [-0.15, -0.1) is 0 Å². The zero-order valence-corrected chi connectivity index (χ0v) is 14.2. The number of hydrogen-bond donors (Lipinski definition) is 2. The Morgan fingerprint density at radius 3 is 2.83 bits per heavy atom. The molecule has 0 bridgehead atoms. The standard InChI is InChI=1S/C17H24N6O/c1-13-6-7-15(22(13)2)11-20-17(24)21-14-5-3-10-23(12-14)16-18-8-4-9-19-16/h4,6-9,14H,3,5,10-12H2,1-2H3,(H2,20,21,24)/t14-/m1/s1. The Labute approximate surface area is 142 Å². The Hall–Kier alpha value is -2.57. The second-order valence-corrected chi connectivity index (χ2v) is 6.19. The highest BCUT2D eigenvalue weighted by Gasteiger charge is 2.22. The molecule has 7 heteroatoms. The molecule has 2 N–H and O–H groups in total. The van der Waals surface area contributed by atoms with E-state index in [2.05, 4.69) is 30.1 Å². The van der Waals surface area contributed by atoms with Gasteiger partial charge in [0, 0.05) is 50.0 Å². The molecular formula is C17H24N6O. The molecule has 7 nitrogen and oxygen atoms in total. The van der Waals surface area contributed by atoms with Gasteiger partial charge in [0.1, 0.15) is 0 Å². The maximum Gasteiger partial charge on any atom is 0.315 e. The minimum absolute atomic E-state index is 0.109. The summed E-state index contributed by atoms with van der Waals surface area (Å²) < 4.78 is 2.08. The molecule has 1 aliphatic heterocycles. The van der Waals surface area contributed by atoms with Crippen molar-refractivity contribution in [3.63, 3.8) is 0 Å². The first kappa shape index (κ1) is 16.3. The molecule has 2 aromatic heterocycles. The molecule has 0 aromatic carbocycles. The molecule has 1 aliphatic rings. The molecule has 2 amide bonds. The van der Waals surface area contributed by atoms with Gasteiger partial charge in [0.2, 0.25) is 5.95 Å². The van der Waals surface area contributed by atoms with Gasteiger partial charge in [0.25, 0.3) is 0 Å². The van der Waals surface area contributed by atoms with Crippen molar-refractivity contribution in [3.8, 4) is 0 Å². The largest absolute Gasteiger partial charge is 0.350 e. The predicted molar refractivity (Wildman–Crippen MR) is 92.8 cm³/mol. The van der Waals surface area contributed by atoms with Gasteiger partial charge in [-0.3, -0.25) is 0 Å². The summed E-state index contributed by atoms with van der Waals surface area (Å²) in [7, 11) is 2.00. The summed E-state index contributed by atoms with van der Waals surface area (Å²) >= 11 is 0. The number of nitrogens with zero attached hydrogens (tertiary/aromatic N) is 4. The molecule has 1 saturated heterocycles. The van der Waals surface area contributed by atoms with E-state index in [0.717, 1.165) is 37.6 Å². The first-order valence-electron chi connectivity index (χ1n) is 8.31. The van der Waals surface area contributed by atoms with Gasteiger partial charge in [-0.25, -0.2) is 14.8 Å². The molecule has 2 aromatic rings. The van der Waals surface area contributed by atoms with Crippen LogP contribution in [-0.4, -0.2) is 39.7 Å². The normalized spacial score (nSPS) is 17.6. The zero-order valence-electron chi connectivity index (χ0n) is 14.2. The number of nitrogens with one attached hydrogen (secondary N) is 2. The highest BCUT2D eigenvalue weighted by Crippen LogP contribution is 2.15. The van der Waals surface area contributed by atoms with Crippen LogP contribution in [0.4, 0.5) is 10.7 Å². The van der Waals surface area contributed by atoms with E-state index in [0.29, 0.717) is 6.54 Å². The number of carbonyl (C=O) groups is 1. The SMILES string of the molecule is Cc1ccc(CNC(=O)N[C@@H]2CCCN(c3ncccn3)C2)n1C. The van der Waals surface area contributed by atoms with E-state index in [1.54, 1.807) is 12.4 Å². The molecule has 0 spiro atoms. The van der Waals surface area contributed by atoms with Gasteiger partial charge < -0.3 is 20.1 Å². The summed E-state index contributed by atoms with van der Waals surface area (Å²) in [6, 6.07) is 5.87. The van der Waals surface area contributed by atoms with Gasteiger partial charge in [-0.2, -0.15) is 0 Å². The third kappa shape index (κ3) is 3.84. The average Bonchev–Trinajstić information content (AvgIpc) is 2.93. The third-order valence-electron chi connectivity index (χ3n) is 4.50. The fourth-order valence-electron chi connectivity index (χ4n) is 2.98. The fourth-order valence-corrected chi connectivity index (χ4v) is 2.98. The van der Waals surface area contributed by atoms with Crippen LogP contribution < -0.4 is 15.5 Å². The number of hydrogen-bond acceptors (Lipinski definition) is 4. The Morgan fingerprint density at radius 2 is 2.12 bits per heavy atom. The number of piperidine rings is 1. The second kappa shape index (κ2) is 7.33. The number of anilines is 1. The van der Waals surface area contributed by atoms with Crippen LogP contribution in [0.5, 0.6) is 0 Å². The van der Waals surface area contributed by atoms with Crippen molar-refractivity contribution in [1.29, 1.82) is 0 Å². The Morgan fingerprint density at radius 1 is 1.33 bits per heavy atom. The lowest BCUT2D eigenvalue weighted by atomic mass is 10.1. The molecule has 0 saturated carbocycles. The lowest BCUT2D eigenvalue weighted by molar-refractivity contribution is 0.234. The summed E-state index contributed by atoms with van der Waals surface area (Å²) in [6.07, 6.45) is 5.47. The number of urea groups is 1. The maximum atomic E-state index is 12.2. The van der Waals surface area contributed by atoms with Crippen molar-refractivity contribution in [3.05, 3.63) is 42.0 Å². The van der Waals surface area contributed by atoms with Crippen LogP contribution in [0.3, 0.4) is 0 Å². The summed E-state index contributed by atoms with van der Waals surface area (Å²) in [5.41, 5.74) is 2.27. The maximum absolute atomic E-state index is 12.2. The van der Waals surface area contributed by atoms with E-state index in [4.69, 9.17) is 0 Å². The van der Waals surface area contributed by atoms with E-state index >= 15 is 0 Å². The summed E-state index contributed by atoms with van der Waals surface area (Å²) in [5, 5.41) is 5.99. The summed E-state index contributed by atoms with van der Waals surface area (Å²) in [5.74, 6) is 0.726. The number of aryl methyl sites for hydroxylation is 1. The third-order valence-corrected chi connectivity index (χ3v) is 4.50. The van der Waals surface area contributed by atoms with E-state index in [1.165, 1.54) is 5.69 Å². The molecule has 128 valence electrons. The quantitative estimate of drug-likeness (QED) is 0.894. The van der Waals surface area contributed by atoms with Crippen molar-refractivity contribution < 1.29 is 4.79 Å². The van der Waals surface area contributed by atoms with Crippen LogP contribution in [0, 0.1) is 6.92 Å². The fraction of sp³-hybridized carbons (Fsp3) is 0.471.